The van der Waals surface area contributed by atoms with Crippen LogP contribution in [-0.2, 0) is 0 Å². The van der Waals surface area contributed by atoms with Crippen LogP contribution in [0.1, 0.15) is 51.4 Å². The number of aliphatic hydroxyl groups excluding tert-OH is 2. The van der Waals surface area contributed by atoms with E-state index in [4.69, 9.17) is 0 Å². The maximum atomic E-state index is 9.31. The van der Waals surface area contributed by atoms with Gasteiger partial charge in [0, 0.05) is 12.1 Å². The maximum Gasteiger partial charge on any atom is 0.0693 e. The van der Waals surface area contributed by atoms with Gasteiger partial charge in [0.2, 0.25) is 0 Å². The third-order valence-corrected chi connectivity index (χ3v) is 4.20. The molecule has 0 amide bonds. The van der Waals surface area contributed by atoms with Crippen molar-refractivity contribution in [2.45, 2.75) is 75.7 Å². The summed E-state index contributed by atoms with van der Waals surface area (Å²) in [6, 6.07) is 0.720. The van der Waals surface area contributed by atoms with Crippen LogP contribution < -0.4 is 10.6 Å². The monoisotopic (exact) mass is 258 g/mol. The van der Waals surface area contributed by atoms with E-state index in [1.807, 2.05) is 14.1 Å². The minimum Gasteiger partial charge on any atom is -0.392 e. The van der Waals surface area contributed by atoms with E-state index < -0.39 is 0 Å². The number of nitrogens with one attached hydrogen (secondary N) is 2. The molecule has 4 N–H and O–H groups in total. The Labute approximate surface area is 111 Å². The van der Waals surface area contributed by atoms with E-state index >= 15 is 0 Å². The molecule has 2 aliphatic rings. The lowest BCUT2D eigenvalue weighted by Gasteiger charge is -2.26. The largest absolute Gasteiger partial charge is 0.392 e. The Bertz CT molecular complexity index is 192. The van der Waals surface area contributed by atoms with Gasteiger partial charge in [-0.25, -0.2) is 0 Å². The van der Waals surface area contributed by atoms with Crippen LogP contribution in [0.15, 0.2) is 0 Å². The van der Waals surface area contributed by atoms with Gasteiger partial charge in [-0.15, -0.1) is 0 Å². The van der Waals surface area contributed by atoms with Gasteiger partial charge in [0.25, 0.3) is 0 Å². The predicted molar refractivity (Wildman–Crippen MR) is 74.6 cm³/mol. The summed E-state index contributed by atoms with van der Waals surface area (Å²) in [5.74, 6) is 0. The highest BCUT2D eigenvalue weighted by Crippen LogP contribution is 2.18. The highest BCUT2D eigenvalue weighted by Gasteiger charge is 2.21. The number of aliphatic hydroxyl groups is 2. The van der Waals surface area contributed by atoms with Crippen molar-refractivity contribution in [2.75, 3.05) is 14.1 Å². The fourth-order valence-corrected chi connectivity index (χ4v) is 2.90. The summed E-state index contributed by atoms with van der Waals surface area (Å²) in [7, 11) is 3.83. The molecule has 2 saturated carbocycles. The number of likely N-dealkylation sites (N-methyl/N-ethyl adjacent to an activating group) is 2. The van der Waals surface area contributed by atoms with Crippen molar-refractivity contribution in [3.8, 4) is 0 Å². The van der Waals surface area contributed by atoms with Crippen LogP contribution in [-0.4, -0.2) is 48.6 Å². The van der Waals surface area contributed by atoms with Crippen molar-refractivity contribution >= 4 is 0 Å². The Balaban J connectivity index is 0.000000180. The van der Waals surface area contributed by atoms with Crippen LogP contribution in [0.4, 0.5) is 0 Å². The summed E-state index contributed by atoms with van der Waals surface area (Å²) in [6.45, 7) is 0. The number of hydrogen-bond donors (Lipinski definition) is 4. The van der Waals surface area contributed by atoms with Gasteiger partial charge in [0.15, 0.2) is 0 Å². The Hall–Kier alpha value is -0.160. The van der Waals surface area contributed by atoms with Crippen molar-refractivity contribution in [3.05, 3.63) is 0 Å². The molecule has 108 valence electrons. The quantitative estimate of drug-likeness (QED) is 0.597. The molecule has 0 aromatic carbocycles. The smallest absolute Gasteiger partial charge is 0.0693 e. The topological polar surface area (TPSA) is 64.5 Å². The molecule has 0 aromatic rings. The third-order valence-electron chi connectivity index (χ3n) is 4.20. The lowest BCUT2D eigenvalue weighted by atomic mass is 9.93. The predicted octanol–water partition coefficient (Wildman–Crippen LogP) is 1.02. The van der Waals surface area contributed by atoms with E-state index in [9.17, 15) is 10.2 Å². The number of hydrogen-bond acceptors (Lipinski definition) is 4. The maximum absolute atomic E-state index is 9.31. The van der Waals surface area contributed by atoms with Crippen LogP contribution >= 0.6 is 0 Å². The Morgan fingerprint density at radius 3 is 1.22 bits per heavy atom. The van der Waals surface area contributed by atoms with E-state index in [-0.39, 0.29) is 12.2 Å². The summed E-state index contributed by atoms with van der Waals surface area (Å²) in [6.07, 6.45) is 8.96. The van der Waals surface area contributed by atoms with Gasteiger partial charge in [-0.05, 0) is 39.8 Å². The highest BCUT2D eigenvalue weighted by atomic mass is 16.3. The second kappa shape index (κ2) is 8.86. The number of rotatable bonds is 2. The van der Waals surface area contributed by atoms with Gasteiger partial charge >= 0.3 is 0 Å². The molecule has 0 bridgehead atoms. The minimum absolute atomic E-state index is 0.0938. The molecule has 0 saturated heterocycles. The fourth-order valence-electron chi connectivity index (χ4n) is 2.90. The van der Waals surface area contributed by atoms with Gasteiger partial charge < -0.3 is 20.8 Å². The van der Waals surface area contributed by atoms with Crippen LogP contribution in [0.2, 0.25) is 0 Å². The van der Waals surface area contributed by atoms with E-state index in [1.165, 1.54) is 25.7 Å². The molecular formula is C14H30N2O2. The molecule has 18 heavy (non-hydrogen) atoms. The van der Waals surface area contributed by atoms with Gasteiger partial charge in [0.1, 0.15) is 0 Å². The van der Waals surface area contributed by atoms with Crippen LogP contribution in [0.3, 0.4) is 0 Å². The Kier molecular flexibility index (Phi) is 7.82. The molecule has 0 heterocycles. The molecule has 0 aliphatic heterocycles. The summed E-state index contributed by atoms with van der Waals surface area (Å²) < 4.78 is 0. The van der Waals surface area contributed by atoms with Crippen molar-refractivity contribution in [3.63, 3.8) is 0 Å². The van der Waals surface area contributed by atoms with Crippen LogP contribution in [0.25, 0.3) is 0 Å². The van der Waals surface area contributed by atoms with Crippen LogP contribution in [0.5, 0.6) is 0 Å². The summed E-state index contributed by atoms with van der Waals surface area (Å²) >= 11 is 0. The van der Waals surface area contributed by atoms with Gasteiger partial charge in [-0.2, -0.15) is 0 Å². The van der Waals surface area contributed by atoms with Crippen molar-refractivity contribution in [2.24, 2.45) is 0 Å². The lowest BCUT2D eigenvalue weighted by Crippen LogP contribution is -2.39. The summed E-state index contributed by atoms with van der Waals surface area (Å²) in [5.41, 5.74) is 0. The molecule has 0 unspecified atom stereocenters. The zero-order valence-corrected chi connectivity index (χ0v) is 11.9. The highest BCUT2D eigenvalue weighted by molar-refractivity contribution is 4.79. The minimum atomic E-state index is -0.0938. The SMILES string of the molecule is CN[C@@H]1CCCC[C@@H]1O.CN[C@H]1CCCC[C@H]1O. The second-order valence-electron chi connectivity index (χ2n) is 5.49. The zero-order chi connectivity index (χ0) is 13.4. The van der Waals surface area contributed by atoms with E-state index in [1.54, 1.807) is 0 Å². The molecule has 4 heteroatoms. The molecule has 0 radical (unpaired) electrons. The first-order valence-electron chi connectivity index (χ1n) is 7.39. The standard InChI is InChI=1S/2C7H15NO/c2*1-8-6-4-2-3-5-7(6)9/h2*6-9H,2-5H2,1H3/t2*6-,7+/m10/s1. The van der Waals surface area contributed by atoms with E-state index in [0.29, 0.717) is 12.1 Å². The van der Waals surface area contributed by atoms with Gasteiger partial charge in [-0.3, -0.25) is 0 Å². The Morgan fingerprint density at radius 1 is 0.667 bits per heavy atom. The summed E-state index contributed by atoms with van der Waals surface area (Å²) in [4.78, 5) is 0. The zero-order valence-electron chi connectivity index (χ0n) is 11.9. The molecule has 0 spiro atoms. The average molecular weight is 258 g/mol. The first-order chi connectivity index (χ1) is 8.69. The normalized spacial score (nSPS) is 36.7. The second-order valence-corrected chi connectivity index (χ2v) is 5.49. The average Bonchev–Trinajstić information content (AvgIpc) is 2.41. The lowest BCUT2D eigenvalue weighted by molar-refractivity contribution is 0.0946. The first-order valence-corrected chi connectivity index (χ1v) is 7.39. The molecule has 4 nitrogen and oxygen atoms in total. The van der Waals surface area contributed by atoms with Crippen LogP contribution in [0, 0.1) is 0 Å². The summed E-state index contributed by atoms with van der Waals surface area (Å²) in [5, 5.41) is 24.8. The third kappa shape index (κ3) is 5.22. The molecule has 2 rings (SSSR count). The molecule has 4 atom stereocenters. The molecule has 2 aliphatic carbocycles. The van der Waals surface area contributed by atoms with Crippen molar-refractivity contribution < 1.29 is 10.2 Å². The van der Waals surface area contributed by atoms with Crippen molar-refractivity contribution in [1.29, 1.82) is 0 Å². The van der Waals surface area contributed by atoms with E-state index in [2.05, 4.69) is 10.6 Å². The van der Waals surface area contributed by atoms with Gasteiger partial charge in [0.05, 0.1) is 12.2 Å². The Morgan fingerprint density at radius 2 is 1.00 bits per heavy atom. The van der Waals surface area contributed by atoms with Crippen molar-refractivity contribution in [1.82, 2.24) is 10.6 Å². The van der Waals surface area contributed by atoms with Gasteiger partial charge in [-0.1, -0.05) is 25.7 Å². The fraction of sp³-hybridized carbons (Fsp3) is 1.00. The van der Waals surface area contributed by atoms with E-state index in [0.717, 1.165) is 25.7 Å². The first kappa shape index (κ1) is 15.9. The molecule has 2 fully saturated rings. The molecule has 0 aromatic heterocycles. The molecular weight excluding hydrogens is 228 g/mol.